The molecule has 0 saturated heterocycles. The van der Waals surface area contributed by atoms with Crippen LogP contribution >= 0.6 is 33.9 Å². The Morgan fingerprint density at radius 1 is 1.29 bits per heavy atom. The van der Waals surface area contributed by atoms with Crippen LogP contribution in [0, 0.1) is 23.2 Å². The quantitative estimate of drug-likeness (QED) is 0.508. The number of anilines is 1. The normalized spacial score (nSPS) is 15.5. The number of aromatic nitrogens is 2. The molecule has 0 amide bonds. The Hall–Kier alpha value is -1.15. The highest BCUT2D eigenvalue weighted by atomic mass is 127. The number of nitrogens with one attached hydrogen (secondary N) is 1. The Bertz CT molecular complexity index is 909. The molecule has 0 atom stereocenters. The summed E-state index contributed by atoms with van der Waals surface area (Å²) in [6.07, 6.45) is 4.97. The van der Waals surface area contributed by atoms with Crippen molar-refractivity contribution in [1.29, 1.82) is 0 Å². The molecule has 24 heavy (non-hydrogen) atoms. The molecule has 0 radical (unpaired) electrons. The molecule has 0 unspecified atom stereocenters. The molecule has 0 aliphatic heterocycles. The van der Waals surface area contributed by atoms with Crippen molar-refractivity contribution in [3.63, 3.8) is 0 Å². The van der Waals surface area contributed by atoms with Gasteiger partial charge in [0.15, 0.2) is 4.96 Å². The number of imidazole rings is 1. The molecule has 4 rings (SSSR count). The van der Waals surface area contributed by atoms with E-state index in [0.717, 1.165) is 25.6 Å². The third-order valence-electron chi connectivity index (χ3n) is 4.82. The fourth-order valence-electron chi connectivity index (χ4n) is 3.41. The van der Waals surface area contributed by atoms with Gasteiger partial charge in [-0.2, -0.15) is 0 Å². The predicted molar refractivity (Wildman–Crippen MR) is 107 cm³/mol. The lowest BCUT2D eigenvalue weighted by Crippen LogP contribution is -2.16. The molecule has 1 aliphatic rings. The van der Waals surface area contributed by atoms with Crippen molar-refractivity contribution in [1.82, 2.24) is 9.38 Å². The van der Waals surface area contributed by atoms with Gasteiger partial charge in [0.05, 0.1) is 0 Å². The van der Waals surface area contributed by atoms with Crippen molar-refractivity contribution < 1.29 is 4.39 Å². The van der Waals surface area contributed by atoms with Crippen LogP contribution in [0.15, 0.2) is 18.2 Å². The van der Waals surface area contributed by atoms with Gasteiger partial charge in [-0.25, -0.2) is 9.37 Å². The zero-order valence-electron chi connectivity index (χ0n) is 13.7. The van der Waals surface area contributed by atoms with Crippen LogP contribution < -0.4 is 5.32 Å². The van der Waals surface area contributed by atoms with Crippen molar-refractivity contribution in [3.05, 3.63) is 38.2 Å². The fraction of sp³-hybridized carbons (Fsp3) is 0.389. The molecule has 1 fully saturated rings. The van der Waals surface area contributed by atoms with Crippen LogP contribution in [0.4, 0.5) is 10.2 Å². The van der Waals surface area contributed by atoms with Gasteiger partial charge in [0.1, 0.15) is 17.3 Å². The minimum Gasteiger partial charge on any atom is -0.367 e. The summed E-state index contributed by atoms with van der Waals surface area (Å²) in [7, 11) is 0. The van der Waals surface area contributed by atoms with Gasteiger partial charge in [-0.15, -0.1) is 11.3 Å². The van der Waals surface area contributed by atoms with E-state index >= 15 is 0 Å². The summed E-state index contributed by atoms with van der Waals surface area (Å²) in [5.41, 5.74) is 3.15. The van der Waals surface area contributed by atoms with Gasteiger partial charge in [-0.1, -0.05) is 12.8 Å². The molecule has 2 aromatic heterocycles. The van der Waals surface area contributed by atoms with E-state index in [0.29, 0.717) is 6.04 Å². The number of benzene rings is 1. The Morgan fingerprint density at radius 3 is 2.75 bits per heavy atom. The minimum atomic E-state index is -0.207. The van der Waals surface area contributed by atoms with Gasteiger partial charge in [0, 0.05) is 25.7 Å². The van der Waals surface area contributed by atoms with Gasteiger partial charge in [-0.3, -0.25) is 4.40 Å². The number of hydrogen-bond donors (Lipinski definition) is 1. The average Bonchev–Trinajstić information content (AvgIpc) is 3.21. The maximum absolute atomic E-state index is 13.5. The number of rotatable bonds is 3. The van der Waals surface area contributed by atoms with E-state index in [1.54, 1.807) is 17.4 Å². The monoisotopic (exact) mass is 455 g/mol. The SMILES string of the molecule is Cc1sc2nc(-c3ccc(F)cc3I)c(NC3CCCC3)n2c1C. The molecular formula is C18H19FIN3S. The standard InChI is InChI=1S/C18H19FIN3S/c1-10-11(2)24-18-22-16(14-8-7-12(19)9-15(14)20)17(23(10)18)21-13-5-3-4-6-13/h7-9,13,21H,3-6H2,1-2H3. The number of thiazole rings is 1. The Morgan fingerprint density at radius 2 is 2.04 bits per heavy atom. The Balaban J connectivity index is 1.90. The molecular weight excluding hydrogens is 436 g/mol. The molecule has 3 aromatic rings. The molecule has 2 heterocycles. The van der Waals surface area contributed by atoms with Gasteiger partial charge in [0.25, 0.3) is 0 Å². The molecule has 6 heteroatoms. The van der Waals surface area contributed by atoms with Crippen LogP contribution in [0.25, 0.3) is 16.2 Å². The smallest absolute Gasteiger partial charge is 0.196 e. The van der Waals surface area contributed by atoms with Gasteiger partial charge in [0.2, 0.25) is 0 Å². The molecule has 1 aromatic carbocycles. The van der Waals surface area contributed by atoms with Crippen LogP contribution in [0.5, 0.6) is 0 Å². The maximum Gasteiger partial charge on any atom is 0.196 e. The van der Waals surface area contributed by atoms with E-state index in [4.69, 9.17) is 4.98 Å². The molecule has 1 N–H and O–H groups in total. The van der Waals surface area contributed by atoms with Crippen molar-refractivity contribution in [2.75, 3.05) is 5.32 Å². The van der Waals surface area contributed by atoms with Crippen molar-refractivity contribution >= 4 is 44.7 Å². The number of aryl methyl sites for hydroxylation is 2. The number of nitrogens with zero attached hydrogens (tertiary/aromatic N) is 2. The van der Waals surface area contributed by atoms with Crippen LogP contribution in [-0.2, 0) is 0 Å². The second kappa shape index (κ2) is 6.29. The largest absolute Gasteiger partial charge is 0.367 e. The first kappa shape index (κ1) is 16.3. The lowest BCUT2D eigenvalue weighted by atomic mass is 10.1. The van der Waals surface area contributed by atoms with Gasteiger partial charge in [-0.05, 0) is 67.5 Å². The number of fused-ring (bicyclic) bond motifs is 1. The fourth-order valence-corrected chi connectivity index (χ4v) is 5.12. The molecule has 1 aliphatic carbocycles. The third-order valence-corrected chi connectivity index (χ3v) is 6.77. The van der Waals surface area contributed by atoms with E-state index < -0.39 is 0 Å². The van der Waals surface area contributed by atoms with Crippen LogP contribution in [0.2, 0.25) is 0 Å². The summed E-state index contributed by atoms with van der Waals surface area (Å²) in [6, 6.07) is 5.43. The first-order valence-corrected chi connectivity index (χ1v) is 10.1. The van der Waals surface area contributed by atoms with E-state index in [-0.39, 0.29) is 5.82 Å². The van der Waals surface area contributed by atoms with Crippen LogP contribution in [0.3, 0.4) is 0 Å². The molecule has 3 nitrogen and oxygen atoms in total. The second-order valence-electron chi connectivity index (χ2n) is 6.42. The van der Waals surface area contributed by atoms with E-state index in [1.807, 2.05) is 6.07 Å². The van der Waals surface area contributed by atoms with Crippen molar-refractivity contribution in [2.24, 2.45) is 0 Å². The summed E-state index contributed by atoms with van der Waals surface area (Å²) >= 11 is 3.91. The molecule has 1 saturated carbocycles. The van der Waals surface area contributed by atoms with Crippen LogP contribution in [0.1, 0.15) is 36.3 Å². The highest BCUT2D eigenvalue weighted by Crippen LogP contribution is 2.37. The zero-order valence-corrected chi connectivity index (χ0v) is 16.7. The lowest BCUT2D eigenvalue weighted by Gasteiger charge is -2.15. The number of hydrogen-bond acceptors (Lipinski definition) is 3. The Labute approximate surface area is 158 Å². The summed E-state index contributed by atoms with van der Waals surface area (Å²) in [6.45, 7) is 4.27. The number of halogens is 2. The molecule has 126 valence electrons. The predicted octanol–water partition coefficient (Wildman–Crippen LogP) is 5.78. The van der Waals surface area contributed by atoms with Crippen LogP contribution in [-0.4, -0.2) is 15.4 Å². The lowest BCUT2D eigenvalue weighted by molar-refractivity contribution is 0.627. The molecule has 0 bridgehead atoms. The zero-order chi connectivity index (χ0) is 16.8. The highest BCUT2D eigenvalue weighted by Gasteiger charge is 2.23. The summed E-state index contributed by atoms with van der Waals surface area (Å²) < 4.78 is 16.6. The second-order valence-corrected chi connectivity index (χ2v) is 8.76. The van der Waals surface area contributed by atoms with E-state index in [1.165, 1.54) is 42.3 Å². The molecule has 0 spiro atoms. The maximum atomic E-state index is 13.5. The highest BCUT2D eigenvalue weighted by molar-refractivity contribution is 14.1. The summed E-state index contributed by atoms with van der Waals surface area (Å²) in [4.78, 5) is 7.17. The van der Waals surface area contributed by atoms with Gasteiger partial charge < -0.3 is 5.32 Å². The first-order chi connectivity index (χ1) is 11.5. The first-order valence-electron chi connectivity index (χ1n) is 8.25. The van der Waals surface area contributed by atoms with E-state index in [2.05, 4.69) is 46.2 Å². The topological polar surface area (TPSA) is 29.3 Å². The third kappa shape index (κ3) is 2.73. The summed E-state index contributed by atoms with van der Waals surface area (Å²) in [5.74, 6) is 0.852. The summed E-state index contributed by atoms with van der Waals surface area (Å²) in [5, 5.41) is 3.74. The van der Waals surface area contributed by atoms with E-state index in [9.17, 15) is 4.39 Å². The minimum absolute atomic E-state index is 0.207. The van der Waals surface area contributed by atoms with Crippen molar-refractivity contribution in [2.45, 2.75) is 45.6 Å². The average molecular weight is 455 g/mol. The Kier molecular flexibility index (Phi) is 4.28. The van der Waals surface area contributed by atoms with Gasteiger partial charge >= 0.3 is 0 Å². The van der Waals surface area contributed by atoms with Crippen molar-refractivity contribution in [3.8, 4) is 11.3 Å².